The zero-order chi connectivity index (χ0) is 15.6. The number of benzene rings is 1. The minimum atomic E-state index is -1.46. The van der Waals surface area contributed by atoms with Gasteiger partial charge in [0.25, 0.3) is 0 Å². The summed E-state index contributed by atoms with van der Waals surface area (Å²) in [5.41, 5.74) is 1.09. The summed E-state index contributed by atoms with van der Waals surface area (Å²) < 4.78 is 0. The molecule has 2 aromatic rings. The van der Waals surface area contributed by atoms with Gasteiger partial charge in [-0.2, -0.15) is 0 Å². The molecule has 7 heteroatoms. The maximum atomic E-state index is 11.9. The molecule has 1 amide bonds. The number of fused-ring (bicyclic) bond motifs is 1. The molecule has 0 saturated heterocycles. The van der Waals surface area contributed by atoms with Crippen LogP contribution in [0.4, 0.5) is 5.69 Å². The van der Waals surface area contributed by atoms with Crippen molar-refractivity contribution in [1.82, 2.24) is 4.98 Å². The molecule has 21 heavy (non-hydrogen) atoms. The molecule has 1 aromatic carbocycles. The topological polar surface area (TPSA) is 111 Å². The fourth-order valence-corrected chi connectivity index (χ4v) is 2.27. The molecule has 0 saturated carbocycles. The first-order valence-corrected chi connectivity index (χ1v) is 6.22. The Morgan fingerprint density at radius 1 is 1.24 bits per heavy atom. The molecule has 0 bridgehead atoms. The molecule has 2 rings (SSSR count). The third-order valence-electron chi connectivity index (χ3n) is 3.13. The van der Waals surface area contributed by atoms with Crippen LogP contribution in [0.1, 0.15) is 13.3 Å². The van der Waals surface area contributed by atoms with Gasteiger partial charge in [-0.05, 0) is 6.07 Å². The summed E-state index contributed by atoms with van der Waals surface area (Å²) in [7, 11) is 0. The normalized spacial score (nSPS) is 12.0. The second-order valence-corrected chi connectivity index (χ2v) is 4.56. The zero-order valence-electron chi connectivity index (χ0n) is 11.2. The standard InChI is InChI=1S/C14H14N2O5/c1-8(17)16(11(14(20)21)6-13(18)19)12-7-15-10-5-3-2-4-9(10)12/h2-5,7,11,15H,6H2,1H3,(H,18,19)(H,20,21)/t11-/m0/s1. The number of anilines is 1. The SMILES string of the molecule is CC(=O)N(c1c[nH]c2ccccc12)[C@@H](CC(=O)O)C(=O)O. The van der Waals surface area contributed by atoms with Crippen LogP contribution in [-0.2, 0) is 14.4 Å². The second kappa shape index (κ2) is 5.66. The maximum absolute atomic E-state index is 11.9. The Morgan fingerprint density at radius 3 is 2.48 bits per heavy atom. The minimum Gasteiger partial charge on any atom is -0.481 e. The average Bonchev–Trinajstić information content (AvgIpc) is 2.81. The summed E-state index contributed by atoms with van der Waals surface area (Å²) in [4.78, 5) is 38.0. The number of amides is 1. The first kappa shape index (κ1) is 14.6. The van der Waals surface area contributed by atoms with Gasteiger partial charge in [0.05, 0.1) is 12.1 Å². The Bertz CT molecular complexity index is 706. The summed E-state index contributed by atoms with van der Waals surface area (Å²) in [6.07, 6.45) is 0.832. The predicted octanol–water partition coefficient (Wildman–Crippen LogP) is 1.45. The molecule has 1 atom stereocenters. The van der Waals surface area contributed by atoms with Gasteiger partial charge >= 0.3 is 11.9 Å². The quantitative estimate of drug-likeness (QED) is 0.771. The highest BCUT2D eigenvalue weighted by Gasteiger charge is 2.32. The molecule has 0 aliphatic heterocycles. The molecular weight excluding hydrogens is 276 g/mol. The van der Waals surface area contributed by atoms with Crippen molar-refractivity contribution in [2.24, 2.45) is 0 Å². The van der Waals surface area contributed by atoms with Crippen molar-refractivity contribution in [3.63, 3.8) is 0 Å². The fraction of sp³-hybridized carbons (Fsp3) is 0.214. The Hall–Kier alpha value is -2.83. The van der Waals surface area contributed by atoms with E-state index in [0.29, 0.717) is 11.1 Å². The number of rotatable bonds is 5. The second-order valence-electron chi connectivity index (χ2n) is 4.56. The summed E-state index contributed by atoms with van der Waals surface area (Å²) in [6.45, 7) is 1.21. The average molecular weight is 290 g/mol. The Kier molecular flexibility index (Phi) is 3.93. The monoisotopic (exact) mass is 290 g/mol. The van der Waals surface area contributed by atoms with Crippen molar-refractivity contribution < 1.29 is 24.6 Å². The summed E-state index contributed by atoms with van der Waals surface area (Å²) in [5, 5.41) is 18.8. The van der Waals surface area contributed by atoms with Crippen molar-refractivity contribution in [3.05, 3.63) is 30.5 Å². The Morgan fingerprint density at radius 2 is 1.90 bits per heavy atom. The van der Waals surface area contributed by atoms with Crippen LogP contribution < -0.4 is 4.90 Å². The van der Waals surface area contributed by atoms with E-state index in [9.17, 15) is 19.5 Å². The lowest BCUT2D eigenvalue weighted by Crippen LogP contribution is -2.45. The first-order valence-electron chi connectivity index (χ1n) is 6.22. The molecule has 1 aromatic heterocycles. The van der Waals surface area contributed by atoms with Gasteiger partial charge in [-0.1, -0.05) is 18.2 Å². The molecule has 0 aliphatic carbocycles. The number of aliphatic carboxylic acids is 2. The maximum Gasteiger partial charge on any atom is 0.327 e. The molecule has 7 nitrogen and oxygen atoms in total. The van der Waals surface area contributed by atoms with E-state index < -0.39 is 30.3 Å². The molecule has 0 spiro atoms. The fourth-order valence-electron chi connectivity index (χ4n) is 2.27. The van der Waals surface area contributed by atoms with Gasteiger partial charge in [0.1, 0.15) is 6.04 Å². The van der Waals surface area contributed by atoms with E-state index in [1.54, 1.807) is 24.3 Å². The van der Waals surface area contributed by atoms with Crippen LogP contribution in [0.5, 0.6) is 0 Å². The minimum absolute atomic E-state index is 0.353. The number of carboxylic acid groups (broad SMARTS) is 2. The highest BCUT2D eigenvalue weighted by molar-refractivity contribution is 6.06. The predicted molar refractivity (Wildman–Crippen MR) is 75.1 cm³/mol. The van der Waals surface area contributed by atoms with Gasteiger partial charge in [-0.15, -0.1) is 0 Å². The number of H-pyrrole nitrogens is 1. The van der Waals surface area contributed by atoms with Crippen LogP contribution in [0.15, 0.2) is 30.5 Å². The third-order valence-corrected chi connectivity index (χ3v) is 3.13. The number of aromatic nitrogens is 1. The van der Waals surface area contributed by atoms with Crippen LogP contribution in [0.3, 0.4) is 0 Å². The van der Waals surface area contributed by atoms with Gasteiger partial charge in [-0.25, -0.2) is 4.79 Å². The molecule has 1 heterocycles. The number of para-hydroxylation sites is 1. The molecule has 0 radical (unpaired) electrons. The molecule has 0 aliphatic rings. The number of carbonyl (C=O) groups excluding carboxylic acids is 1. The number of hydrogen-bond acceptors (Lipinski definition) is 3. The lowest BCUT2D eigenvalue weighted by Gasteiger charge is -2.26. The van der Waals surface area contributed by atoms with Gasteiger partial charge in [0.15, 0.2) is 0 Å². The van der Waals surface area contributed by atoms with Crippen molar-refractivity contribution in [3.8, 4) is 0 Å². The van der Waals surface area contributed by atoms with Crippen LogP contribution in [0, 0.1) is 0 Å². The number of carboxylic acids is 2. The molecule has 110 valence electrons. The van der Waals surface area contributed by atoms with Crippen molar-refractivity contribution in [2.75, 3.05) is 4.90 Å². The van der Waals surface area contributed by atoms with Crippen LogP contribution >= 0.6 is 0 Å². The van der Waals surface area contributed by atoms with Gasteiger partial charge in [0, 0.05) is 24.0 Å². The van der Waals surface area contributed by atoms with Gasteiger partial charge in [-0.3, -0.25) is 14.5 Å². The largest absolute Gasteiger partial charge is 0.481 e. The van der Waals surface area contributed by atoms with E-state index in [1.165, 1.54) is 13.1 Å². The zero-order valence-corrected chi connectivity index (χ0v) is 11.2. The number of aromatic amines is 1. The van der Waals surface area contributed by atoms with E-state index in [1.807, 2.05) is 0 Å². The molecule has 3 N–H and O–H groups in total. The van der Waals surface area contributed by atoms with E-state index in [-0.39, 0.29) is 0 Å². The van der Waals surface area contributed by atoms with Gasteiger partial charge in [0.2, 0.25) is 5.91 Å². The highest BCUT2D eigenvalue weighted by Crippen LogP contribution is 2.29. The lowest BCUT2D eigenvalue weighted by atomic mass is 10.1. The Balaban J connectivity index is 2.54. The van der Waals surface area contributed by atoms with Crippen LogP contribution in [-0.4, -0.2) is 39.1 Å². The number of nitrogens with zero attached hydrogens (tertiary/aromatic N) is 1. The van der Waals surface area contributed by atoms with Crippen molar-refractivity contribution >= 4 is 34.4 Å². The summed E-state index contributed by atoms with van der Waals surface area (Å²) >= 11 is 0. The number of nitrogens with one attached hydrogen (secondary N) is 1. The van der Waals surface area contributed by atoms with E-state index in [4.69, 9.17) is 5.11 Å². The van der Waals surface area contributed by atoms with Crippen molar-refractivity contribution in [2.45, 2.75) is 19.4 Å². The summed E-state index contributed by atoms with van der Waals surface area (Å²) in [6, 6.07) is 5.61. The highest BCUT2D eigenvalue weighted by atomic mass is 16.4. The van der Waals surface area contributed by atoms with Crippen molar-refractivity contribution in [1.29, 1.82) is 0 Å². The van der Waals surface area contributed by atoms with Gasteiger partial charge < -0.3 is 15.2 Å². The Labute approximate surface area is 119 Å². The van der Waals surface area contributed by atoms with E-state index in [2.05, 4.69) is 4.98 Å². The number of hydrogen-bond donors (Lipinski definition) is 3. The van der Waals surface area contributed by atoms with Crippen LogP contribution in [0.2, 0.25) is 0 Å². The number of carbonyl (C=O) groups is 3. The summed E-state index contributed by atoms with van der Waals surface area (Å²) in [5.74, 6) is -3.18. The molecule has 0 unspecified atom stereocenters. The molecule has 0 fully saturated rings. The first-order chi connectivity index (χ1) is 9.91. The third kappa shape index (κ3) is 2.86. The van der Waals surface area contributed by atoms with Crippen LogP contribution in [0.25, 0.3) is 10.9 Å². The van der Waals surface area contributed by atoms with E-state index in [0.717, 1.165) is 10.4 Å². The smallest absolute Gasteiger partial charge is 0.327 e. The lowest BCUT2D eigenvalue weighted by molar-refractivity contribution is -0.145. The molecular formula is C14H14N2O5. The van der Waals surface area contributed by atoms with E-state index >= 15 is 0 Å².